The van der Waals surface area contributed by atoms with E-state index in [1.165, 1.54) is 6.07 Å². The van der Waals surface area contributed by atoms with E-state index >= 15 is 0 Å². The van der Waals surface area contributed by atoms with Crippen LogP contribution in [0.5, 0.6) is 0 Å². The van der Waals surface area contributed by atoms with E-state index in [-0.39, 0.29) is 10.7 Å². The van der Waals surface area contributed by atoms with Gasteiger partial charge in [-0.2, -0.15) is 13.5 Å². The highest BCUT2D eigenvalue weighted by Gasteiger charge is 2.28. The summed E-state index contributed by atoms with van der Waals surface area (Å²) in [5.41, 5.74) is 4.22. The molecule has 0 radical (unpaired) electrons. The van der Waals surface area contributed by atoms with Crippen LogP contribution in [0.2, 0.25) is 0 Å². The normalized spacial score (nSPS) is 15.4. The van der Waals surface area contributed by atoms with Crippen LogP contribution in [0.1, 0.15) is 11.1 Å². The molecule has 4 rings (SSSR count). The molecule has 3 aromatic rings. The minimum absolute atomic E-state index is 0.202. The monoisotopic (exact) mass is 335 g/mol. The molecule has 118 valence electrons. The summed E-state index contributed by atoms with van der Waals surface area (Å²) < 4.78 is 27.7. The van der Waals surface area contributed by atoms with Crippen LogP contribution >= 0.6 is 0 Å². The smallest absolute Gasteiger partial charge is 0.260 e. The fourth-order valence-corrected chi connectivity index (χ4v) is 3.88. The summed E-state index contributed by atoms with van der Waals surface area (Å²) in [6.45, 7) is 0. The minimum Gasteiger partial charge on any atom is -0.260 e. The minimum atomic E-state index is -3.63. The van der Waals surface area contributed by atoms with E-state index in [1.807, 2.05) is 42.5 Å². The quantitative estimate of drug-likeness (QED) is 0.578. The van der Waals surface area contributed by atoms with Gasteiger partial charge in [-0.15, -0.1) is 4.40 Å². The van der Waals surface area contributed by atoms with Crippen molar-refractivity contribution in [3.05, 3.63) is 77.9 Å². The molecule has 0 bridgehead atoms. The van der Waals surface area contributed by atoms with Crippen LogP contribution in [0, 0.1) is 0 Å². The zero-order valence-corrected chi connectivity index (χ0v) is 13.4. The Morgan fingerprint density at radius 2 is 1.67 bits per heavy atom. The average Bonchev–Trinajstić information content (AvgIpc) is 2.86. The lowest BCUT2D eigenvalue weighted by Crippen LogP contribution is -2.17. The Labute approximate surface area is 139 Å². The van der Waals surface area contributed by atoms with Crippen molar-refractivity contribution >= 4 is 32.8 Å². The summed E-state index contributed by atoms with van der Waals surface area (Å²) in [5, 5.41) is 6.36. The first-order chi connectivity index (χ1) is 11.6. The second kappa shape index (κ2) is 5.58. The van der Waals surface area contributed by atoms with Crippen LogP contribution in [0.4, 0.5) is 0 Å². The van der Waals surface area contributed by atoms with E-state index in [2.05, 4.69) is 14.9 Å². The SMILES string of the molecule is O=S1(=O)N=C(N/N=C\c2cccc3ccccc23)c2ccccc21. The average molecular weight is 335 g/mol. The van der Waals surface area contributed by atoms with Crippen LogP contribution < -0.4 is 5.43 Å². The number of hydrogen-bond acceptors (Lipinski definition) is 4. The van der Waals surface area contributed by atoms with Crippen molar-refractivity contribution in [3.8, 4) is 0 Å². The highest BCUT2D eigenvalue weighted by Crippen LogP contribution is 2.24. The maximum Gasteiger partial charge on any atom is 0.285 e. The Morgan fingerprint density at radius 3 is 2.58 bits per heavy atom. The molecule has 1 aliphatic heterocycles. The number of fused-ring (bicyclic) bond motifs is 2. The molecule has 0 saturated carbocycles. The number of amidine groups is 1. The molecule has 0 atom stereocenters. The van der Waals surface area contributed by atoms with Crippen molar-refractivity contribution in [1.82, 2.24) is 5.43 Å². The fourth-order valence-electron chi connectivity index (χ4n) is 2.71. The molecular formula is C18H13N3O2S. The number of rotatable bonds is 2. The molecule has 24 heavy (non-hydrogen) atoms. The molecule has 0 saturated heterocycles. The van der Waals surface area contributed by atoms with Gasteiger partial charge >= 0.3 is 0 Å². The number of hydrazone groups is 1. The third-order valence-corrected chi connectivity index (χ3v) is 5.16. The van der Waals surface area contributed by atoms with Crippen molar-refractivity contribution < 1.29 is 8.42 Å². The van der Waals surface area contributed by atoms with Gasteiger partial charge in [0.1, 0.15) is 4.90 Å². The lowest BCUT2D eigenvalue weighted by atomic mass is 10.1. The Bertz CT molecular complexity index is 1100. The first-order valence-electron chi connectivity index (χ1n) is 7.36. The number of nitrogens with zero attached hydrogens (tertiary/aromatic N) is 2. The Hall–Kier alpha value is -2.99. The summed E-state index contributed by atoms with van der Waals surface area (Å²) in [5.74, 6) is 0.238. The van der Waals surface area contributed by atoms with E-state index in [0.29, 0.717) is 5.56 Å². The van der Waals surface area contributed by atoms with Crippen LogP contribution in [0.15, 0.2) is 81.1 Å². The van der Waals surface area contributed by atoms with Gasteiger partial charge in [-0.05, 0) is 22.9 Å². The third-order valence-electron chi connectivity index (χ3n) is 3.83. The van der Waals surface area contributed by atoms with Crippen molar-refractivity contribution in [2.45, 2.75) is 4.90 Å². The molecule has 3 aromatic carbocycles. The van der Waals surface area contributed by atoms with Crippen LogP contribution in [0.25, 0.3) is 10.8 Å². The first-order valence-corrected chi connectivity index (χ1v) is 8.80. The Morgan fingerprint density at radius 1 is 0.917 bits per heavy atom. The van der Waals surface area contributed by atoms with Gasteiger partial charge in [0.2, 0.25) is 0 Å². The molecule has 0 aliphatic carbocycles. The molecule has 0 unspecified atom stereocenters. The van der Waals surface area contributed by atoms with Crippen LogP contribution in [-0.4, -0.2) is 20.5 Å². The number of benzene rings is 3. The van der Waals surface area contributed by atoms with Gasteiger partial charge in [0.15, 0.2) is 5.84 Å². The fraction of sp³-hybridized carbons (Fsp3) is 0. The van der Waals surface area contributed by atoms with Crippen molar-refractivity contribution in [2.75, 3.05) is 0 Å². The summed E-state index contributed by atoms with van der Waals surface area (Å²) in [6.07, 6.45) is 1.67. The number of nitrogens with one attached hydrogen (secondary N) is 1. The van der Waals surface area contributed by atoms with Gasteiger partial charge in [-0.3, -0.25) is 5.43 Å². The van der Waals surface area contributed by atoms with Crippen molar-refractivity contribution in [2.24, 2.45) is 9.50 Å². The molecule has 1 heterocycles. The molecule has 1 aliphatic rings. The van der Waals surface area contributed by atoms with E-state index in [4.69, 9.17) is 0 Å². The summed E-state index contributed by atoms with van der Waals surface area (Å²) in [4.78, 5) is 0.202. The highest BCUT2D eigenvalue weighted by molar-refractivity contribution is 7.90. The predicted molar refractivity (Wildman–Crippen MR) is 94.8 cm³/mol. The van der Waals surface area contributed by atoms with Crippen molar-refractivity contribution in [1.29, 1.82) is 0 Å². The second-order valence-corrected chi connectivity index (χ2v) is 6.92. The molecule has 1 N–H and O–H groups in total. The standard InChI is InChI=1S/C18H13N3O2S/c22-24(23)17-11-4-3-10-16(17)18(21-24)20-19-12-14-8-5-7-13-6-1-2-9-15(13)14/h1-12H,(H,20,21)/b19-12-. The molecular weight excluding hydrogens is 322 g/mol. The van der Waals surface area contributed by atoms with Crippen LogP contribution in [0.3, 0.4) is 0 Å². The molecule has 0 aromatic heterocycles. The van der Waals surface area contributed by atoms with Gasteiger partial charge in [0.25, 0.3) is 10.0 Å². The zero-order chi connectivity index (χ0) is 16.6. The second-order valence-electron chi connectivity index (χ2n) is 5.35. The van der Waals surface area contributed by atoms with E-state index in [1.54, 1.807) is 24.4 Å². The summed E-state index contributed by atoms with van der Waals surface area (Å²) in [7, 11) is -3.63. The molecule has 0 amide bonds. The molecule has 6 heteroatoms. The van der Waals surface area contributed by atoms with Gasteiger partial charge in [0, 0.05) is 11.1 Å². The zero-order valence-electron chi connectivity index (χ0n) is 12.5. The van der Waals surface area contributed by atoms with E-state index in [0.717, 1.165) is 16.3 Å². The maximum atomic E-state index is 12.0. The Kier molecular flexibility index (Phi) is 3.39. The summed E-state index contributed by atoms with van der Waals surface area (Å²) in [6, 6.07) is 20.6. The first kappa shape index (κ1) is 14.6. The topological polar surface area (TPSA) is 70.9 Å². The lowest BCUT2D eigenvalue weighted by molar-refractivity contribution is 0.599. The van der Waals surface area contributed by atoms with Gasteiger partial charge < -0.3 is 0 Å². The van der Waals surface area contributed by atoms with E-state index < -0.39 is 10.0 Å². The van der Waals surface area contributed by atoms with E-state index in [9.17, 15) is 8.42 Å². The molecule has 0 spiro atoms. The van der Waals surface area contributed by atoms with Crippen molar-refractivity contribution in [3.63, 3.8) is 0 Å². The molecule has 5 nitrogen and oxygen atoms in total. The summed E-state index contributed by atoms with van der Waals surface area (Å²) >= 11 is 0. The Balaban J connectivity index is 1.65. The lowest BCUT2D eigenvalue weighted by Gasteiger charge is -2.02. The van der Waals surface area contributed by atoms with Gasteiger partial charge in [0.05, 0.1) is 6.21 Å². The van der Waals surface area contributed by atoms with Gasteiger partial charge in [-0.25, -0.2) is 0 Å². The number of hydrogen-bond donors (Lipinski definition) is 1. The maximum absolute atomic E-state index is 12.0. The predicted octanol–water partition coefficient (Wildman–Crippen LogP) is 2.91. The highest BCUT2D eigenvalue weighted by atomic mass is 32.2. The van der Waals surface area contributed by atoms with Crippen LogP contribution in [-0.2, 0) is 10.0 Å². The largest absolute Gasteiger partial charge is 0.285 e. The molecule has 0 fully saturated rings. The third kappa shape index (κ3) is 2.47. The number of sulfonamides is 1. The van der Waals surface area contributed by atoms with Gasteiger partial charge in [-0.1, -0.05) is 54.6 Å².